The van der Waals surface area contributed by atoms with Crippen LogP contribution in [0.2, 0.25) is 0 Å². The van der Waals surface area contributed by atoms with E-state index in [9.17, 15) is 9.90 Å². The van der Waals surface area contributed by atoms with Gasteiger partial charge in [-0.3, -0.25) is 9.69 Å². The molecule has 0 radical (unpaired) electrons. The van der Waals surface area contributed by atoms with Gasteiger partial charge in [-0.15, -0.1) is 0 Å². The summed E-state index contributed by atoms with van der Waals surface area (Å²) in [6.07, 6.45) is 1.10. The van der Waals surface area contributed by atoms with Crippen LogP contribution < -0.4 is 10.2 Å². The maximum Gasteiger partial charge on any atom is 0.224 e. The van der Waals surface area contributed by atoms with E-state index in [4.69, 9.17) is 0 Å². The Labute approximate surface area is 156 Å². The minimum Gasteiger partial charge on any atom is -0.390 e. The molecule has 3 rings (SSSR count). The quantitative estimate of drug-likeness (QED) is 0.770. The maximum absolute atomic E-state index is 11.6. The lowest BCUT2D eigenvalue weighted by Gasteiger charge is -2.38. The van der Waals surface area contributed by atoms with Crippen LogP contribution >= 0.6 is 0 Å². The first kappa shape index (κ1) is 19.1. The second-order valence-corrected chi connectivity index (χ2v) is 7.28. The fourth-order valence-electron chi connectivity index (χ4n) is 4.01. The van der Waals surface area contributed by atoms with Crippen LogP contribution in [0.15, 0.2) is 18.2 Å². The third kappa shape index (κ3) is 4.55. The Bertz CT molecular complexity index is 610. The van der Waals surface area contributed by atoms with Crippen molar-refractivity contribution in [3.63, 3.8) is 0 Å². The Morgan fingerprint density at radius 2 is 1.88 bits per heavy atom. The smallest absolute Gasteiger partial charge is 0.224 e. The van der Waals surface area contributed by atoms with Gasteiger partial charge in [0.2, 0.25) is 5.91 Å². The number of aliphatic hydroxyl groups excluding tert-OH is 1. The zero-order valence-corrected chi connectivity index (χ0v) is 16.1. The average molecular weight is 361 g/mol. The number of benzene rings is 1. The minimum atomic E-state index is -0.291. The summed E-state index contributed by atoms with van der Waals surface area (Å²) in [7, 11) is 0. The molecule has 1 fully saturated rings. The molecule has 0 spiro atoms. The van der Waals surface area contributed by atoms with Gasteiger partial charge in [-0.2, -0.15) is 0 Å². The van der Waals surface area contributed by atoms with Crippen molar-refractivity contribution in [3.05, 3.63) is 23.8 Å². The third-order valence-corrected chi connectivity index (χ3v) is 5.57. The van der Waals surface area contributed by atoms with E-state index in [1.165, 1.54) is 11.3 Å². The molecule has 2 aliphatic rings. The third-order valence-electron chi connectivity index (χ3n) is 5.57. The van der Waals surface area contributed by atoms with E-state index in [1.54, 1.807) is 0 Å². The van der Waals surface area contributed by atoms with Crippen LogP contribution in [0.4, 0.5) is 11.4 Å². The Hall–Kier alpha value is -1.63. The molecule has 6 heteroatoms. The number of anilines is 2. The lowest BCUT2D eigenvalue weighted by Crippen LogP contribution is -2.50. The van der Waals surface area contributed by atoms with Crippen molar-refractivity contribution in [3.8, 4) is 0 Å². The highest BCUT2D eigenvalue weighted by molar-refractivity contribution is 5.95. The number of rotatable bonds is 7. The Kier molecular flexibility index (Phi) is 6.51. The van der Waals surface area contributed by atoms with Gasteiger partial charge in [0, 0.05) is 57.1 Å². The molecule has 144 valence electrons. The molecule has 2 heterocycles. The summed E-state index contributed by atoms with van der Waals surface area (Å²) < 4.78 is 0. The molecule has 0 aromatic heterocycles. The van der Waals surface area contributed by atoms with Crippen molar-refractivity contribution in [1.82, 2.24) is 9.80 Å². The van der Waals surface area contributed by atoms with Crippen molar-refractivity contribution in [2.24, 2.45) is 0 Å². The molecule has 6 nitrogen and oxygen atoms in total. The highest BCUT2D eigenvalue weighted by atomic mass is 16.3. The summed E-state index contributed by atoms with van der Waals surface area (Å²) in [6, 6.07) is 6.19. The number of likely N-dealkylation sites (N-methyl/N-ethyl adjacent to an activating group) is 1. The molecular formula is C20H32N4O2. The molecule has 0 saturated carbocycles. The molecule has 1 aromatic carbocycles. The molecule has 1 atom stereocenters. The molecule has 2 aliphatic heterocycles. The predicted molar refractivity (Wildman–Crippen MR) is 106 cm³/mol. The number of carbonyl (C=O) groups is 1. The minimum absolute atomic E-state index is 0.113. The molecule has 0 bridgehead atoms. The van der Waals surface area contributed by atoms with Gasteiger partial charge < -0.3 is 20.2 Å². The van der Waals surface area contributed by atoms with Gasteiger partial charge in [0.15, 0.2) is 0 Å². The zero-order valence-electron chi connectivity index (χ0n) is 16.1. The van der Waals surface area contributed by atoms with E-state index in [0.29, 0.717) is 6.42 Å². The monoisotopic (exact) mass is 360 g/mol. The zero-order chi connectivity index (χ0) is 18.5. The standard InChI is InChI=1S/C20H32N4O2/c1-3-22(4-2)14-16(25)15-23-10-12-24(13-11-23)19-7-5-6-18-17(19)8-9-20(26)21-18/h5-7,16,25H,3-4,8-15H2,1-2H3,(H,21,26). The van der Waals surface area contributed by atoms with Gasteiger partial charge in [-0.1, -0.05) is 19.9 Å². The topological polar surface area (TPSA) is 59.1 Å². The van der Waals surface area contributed by atoms with E-state index in [0.717, 1.165) is 64.5 Å². The summed E-state index contributed by atoms with van der Waals surface area (Å²) in [5.41, 5.74) is 3.49. The normalized spacial score (nSPS) is 19.4. The first-order chi connectivity index (χ1) is 12.6. The predicted octanol–water partition coefficient (Wildman–Crippen LogP) is 1.40. The van der Waals surface area contributed by atoms with E-state index < -0.39 is 0 Å². The van der Waals surface area contributed by atoms with Crippen LogP contribution in [0.1, 0.15) is 25.8 Å². The van der Waals surface area contributed by atoms with Crippen molar-refractivity contribution in [1.29, 1.82) is 0 Å². The fraction of sp³-hybridized carbons (Fsp3) is 0.650. The first-order valence-corrected chi connectivity index (χ1v) is 9.90. The Morgan fingerprint density at radius 3 is 2.58 bits per heavy atom. The lowest BCUT2D eigenvalue weighted by atomic mass is 10.00. The first-order valence-electron chi connectivity index (χ1n) is 9.90. The summed E-state index contributed by atoms with van der Waals surface area (Å²) in [5.74, 6) is 0.113. The van der Waals surface area contributed by atoms with Crippen molar-refractivity contribution in [2.45, 2.75) is 32.8 Å². The Morgan fingerprint density at radius 1 is 1.15 bits per heavy atom. The Balaban J connectivity index is 1.54. The number of piperazine rings is 1. The molecular weight excluding hydrogens is 328 g/mol. The van der Waals surface area contributed by atoms with Gasteiger partial charge in [0.1, 0.15) is 0 Å². The number of fused-ring (bicyclic) bond motifs is 1. The maximum atomic E-state index is 11.6. The molecule has 1 aromatic rings. The molecule has 2 N–H and O–H groups in total. The molecule has 0 aliphatic carbocycles. The molecule has 1 saturated heterocycles. The summed E-state index contributed by atoms with van der Waals surface area (Å²) in [6.45, 7) is 11.6. The van der Waals surface area contributed by atoms with Crippen LogP contribution in [-0.4, -0.2) is 79.3 Å². The number of β-amino-alcohol motifs (C(OH)–C–C–N with tert-alkyl or cyclic N) is 1. The SMILES string of the molecule is CCN(CC)CC(O)CN1CCN(c2cccc3c2CCC(=O)N3)CC1. The van der Waals surface area contributed by atoms with Gasteiger partial charge >= 0.3 is 0 Å². The number of aliphatic hydroxyl groups is 1. The highest BCUT2D eigenvalue weighted by Crippen LogP contribution is 2.32. The highest BCUT2D eigenvalue weighted by Gasteiger charge is 2.24. The number of carbonyl (C=O) groups excluding carboxylic acids is 1. The second-order valence-electron chi connectivity index (χ2n) is 7.28. The average Bonchev–Trinajstić information content (AvgIpc) is 2.66. The van der Waals surface area contributed by atoms with Gasteiger partial charge in [0.05, 0.1) is 6.10 Å². The van der Waals surface area contributed by atoms with Crippen molar-refractivity contribution < 1.29 is 9.90 Å². The summed E-state index contributed by atoms with van der Waals surface area (Å²) in [5, 5.41) is 13.4. The van der Waals surface area contributed by atoms with Gasteiger partial charge in [-0.05, 0) is 37.2 Å². The number of nitrogens with one attached hydrogen (secondary N) is 1. The fourth-order valence-corrected chi connectivity index (χ4v) is 4.01. The molecule has 1 unspecified atom stereocenters. The van der Waals surface area contributed by atoms with E-state index in [-0.39, 0.29) is 12.0 Å². The number of hydrogen-bond donors (Lipinski definition) is 2. The van der Waals surface area contributed by atoms with Crippen LogP contribution in [0, 0.1) is 0 Å². The van der Waals surface area contributed by atoms with Crippen molar-refractivity contribution >= 4 is 17.3 Å². The largest absolute Gasteiger partial charge is 0.390 e. The number of hydrogen-bond acceptors (Lipinski definition) is 5. The summed E-state index contributed by atoms with van der Waals surface area (Å²) in [4.78, 5) is 18.7. The second kappa shape index (κ2) is 8.84. The molecule has 1 amide bonds. The van der Waals surface area contributed by atoms with Gasteiger partial charge in [0.25, 0.3) is 0 Å². The summed E-state index contributed by atoms with van der Waals surface area (Å²) >= 11 is 0. The van der Waals surface area contributed by atoms with E-state index >= 15 is 0 Å². The van der Waals surface area contributed by atoms with E-state index in [1.807, 2.05) is 12.1 Å². The van der Waals surface area contributed by atoms with Crippen LogP contribution in [-0.2, 0) is 11.2 Å². The van der Waals surface area contributed by atoms with E-state index in [2.05, 4.69) is 39.9 Å². The molecule has 26 heavy (non-hydrogen) atoms. The van der Waals surface area contributed by atoms with Crippen LogP contribution in [0.3, 0.4) is 0 Å². The number of amides is 1. The van der Waals surface area contributed by atoms with Crippen molar-refractivity contribution in [2.75, 3.05) is 62.6 Å². The van der Waals surface area contributed by atoms with Gasteiger partial charge in [-0.25, -0.2) is 0 Å². The lowest BCUT2D eigenvalue weighted by molar-refractivity contribution is -0.116. The van der Waals surface area contributed by atoms with Crippen LogP contribution in [0.25, 0.3) is 0 Å². The number of nitrogens with zero attached hydrogens (tertiary/aromatic N) is 3. The van der Waals surface area contributed by atoms with Crippen LogP contribution in [0.5, 0.6) is 0 Å².